The molecule has 0 amide bonds. The molecule has 2 rings (SSSR count). The van der Waals surface area contributed by atoms with E-state index in [1.165, 1.54) is 30.5 Å². The molecule has 0 saturated heterocycles. The summed E-state index contributed by atoms with van der Waals surface area (Å²) in [5.74, 6) is 0.972. The maximum absolute atomic E-state index is 3.52. The summed E-state index contributed by atoms with van der Waals surface area (Å²) in [5.41, 5.74) is 2.97. The van der Waals surface area contributed by atoms with E-state index in [-0.39, 0.29) is 5.54 Å². The van der Waals surface area contributed by atoms with E-state index in [0.29, 0.717) is 0 Å². The van der Waals surface area contributed by atoms with Crippen LogP contribution in [0.25, 0.3) is 0 Å². The molecule has 1 aromatic rings. The van der Waals surface area contributed by atoms with E-state index in [1.807, 2.05) is 0 Å². The Kier molecular flexibility index (Phi) is 4.64. The van der Waals surface area contributed by atoms with E-state index >= 15 is 0 Å². The molecule has 0 radical (unpaired) electrons. The van der Waals surface area contributed by atoms with Gasteiger partial charge >= 0.3 is 0 Å². The van der Waals surface area contributed by atoms with E-state index in [2.05, 4.69) is 62.3 Å². The molecular weight excluding hydrogens is 232 g/mol. The molecule has 0 unspecified atom stereocenters. The van der Waals surface area contributed by atoms with Gasteiger partial charge in [-0.05, 0) is 57.7 Å². The number of rotatable bonds is 6. The highest BCUT2D eigenvalue weighted by atomic mass is 15.1. The second kappa shape index (κ2) is 6.06. The molecule has 0 bridgehead atoms. The Morgan fingerprint density at radius 2 is 1.68 bits per heavy atom. The first-order chi connectivity index (χ1) is 8.92. The molecule has 0 aromatic heterocycles. The summed E-state index contributed by atoms with van der Waals surface area (Å²) in [7, 11) is 2.23. The molecule has 0 aliphatic heterocycles. The van der Waals surface area contributed by atoms with Gasteiger partial charge in [-0.2, -0.15) is 0 Å². The summed E-state index contributed by atoms with van der Waals surface area (Å²) in [4.78, 5) is 2.44. The smallest absolute Gasteiger partial charge is 0.0230 e. The molecule has 0 heterocycles. The zero-order chi connectivity index (χ0) is 13.9. The van der Waals surface area contributed by atoms with Crippen LogP contribution in [0.15, 0.2) is 24.3 Å². The molecule has 2 heteroatoms. The molecule has 1 aliphatic carbocycles. The summed E-state index contributed by atoms with van der Waals surface area (Å²) < 4.78 is 0. The van der Waals surface area contributed by atoms with Crippen LogP contribution in [0.1, 0.15) is 44.7 Å². The monoisotopic (exact) mass is 260 g/mol. The number of hydrogen-bond donors (Lipinski definition) is 1. The van der Waals surface area contributed by atoms with Crippen molar-refractivity contribution in [2.75, 3.05) is 13.6 Å². The van der Waals surface area contributed by atoms with Gasteiger partial charge in [0, 0.05) is 25.2 Å². The van der Waals surface area contributed by atoms with Crippen LogP contribution >= 0.6 is 0 Å². The van der Waals surface area contributed by atoms with E-state index in [0.717, 1.165) is 19.0 Å². The average molecular weight is 260 g/mol. The molecule has 1 aromatic carbocycles. The van der Waals surface area contributed by atoms with Gasteiger partial charge < -0.3 is 10.2 Å². The van der Waals surface area contributed by atoms with Gasteiger partial charge in [-0.3, -0.25) is 0 Å². The number of hydrogen-bond acceptors (Lipinski definition) is 2. The summed E-state index contributed by atoms with van der Waals surface area (Å²) in [6.45, 7) is 9.88. The van der Waals surface area contributed by atoms with E-state index in [4.69, 9.17) is 0 Å². The summed E-state index contributed by atoms with van der Waals surface area (Å²) >= 11 is 0. The van der Waals surface area contributed by atoms with Gasteiger partial charge in [0.15, 0.2) is 0 Å². The fraction of sp³-hybridized carbons (Fsp3) is 0.647. The van der Waals surface area contributed by atoms with Gasteiger partial charge in [0.25, 0.3) is 0 Å². The molecule has 0 atom stereocenters. The molecule has 1 saturated carbocycles. The largest absolute Gasteiger partial charge is 0.308 e. The fourth-order valence-electron chi connectivity index (χ4n) is 2.25. The van der Waals surface area contributed by atoms with Gasteiger partial charge in [-0.25, -0.2) is 0 Å². The fourth-order valence-corrected chi connectivity index (χ4v) is 2.25. The third kappa shape index (κ3) is 5.75. The van der Waals surface area contributed by atoms with E-state index in [1.54, 1.807) is 0 Å². The van der Waals surface area contributed by atoms with Crippen LogP contribution in [-0.2, 0) is 13.1 Å². The van der Waals surface area contributed by atoms with Gasteiger partial charge in [0.1, 0.15) is 0 Å². The second-order valence-electron chi connectivity index (χ2n) is 7.06. The lowest BCUT2D eigenvalue weighted by Gasteiger charge is -2.21. The Balaban J connectivity index is 1.80. The molecule has 1 aliphatic rings. The predicted octanol–water partition coefficient (Wildman–Crippen LogP) is 3.42. The third-order valence-corrected chi connectivity index (χ3v) is 3.57. The molecule has 0 spiro atoms. The predicted molar refractivity (Wildman–Crippen MR) is 82.1 cm³/mol. The first-order valence-corrected chi connectivity index (χ1v) is 7.44. The zero-order valence-corrected chi connectivity index (χ0v) is 12.9. The van der Waals surface area contributed by atoms with Crippen molar-refractivity contribution >= 4 is 0 Å². The van der Waals surface area contributed by atoms with Gasteiger partial charge in [-0.1, -0.05) is 24.3 Å². The molecule has 1 N–H and O–H groups in total. The van der Waals surface area contributed by atoms with Crippen LogP contribution in [0.3, 0.4) is 0 Å². The number of nitrogens with one attached hydrogen (secondary N) is 1. The van der Waals surface area contributed by atoms with Crippen LogP contribution in [0.4, 0.5) is 0 Å². The van der Waals surface area contributed by atoms with E-state index < -0.39 is 0 Å². The third-order valence-electron chi connectivity index (χ3n) is 3.57. The lowest BCUT2D eigenvalue weighted by Crippen LogP contribution is -2.35. The maximum atomic E-state index is 3.52. The van der Waals surface area contributed by atoms with Crippen molar-refractivity contribution in [2.24, 2.45) is 5.92 Å². The van der Waals surface area contributed by atoms with E-state index in [9.17, 15) is 0 Å². The molecular formula is C17H28N2. The minimum atomic E-state index is 0.184. The second-order valence-corrected chi connectivity index (χ2v) is 7.06. The van der Waals surface area contributed by atoms with Crippen molar-refractivity contribution in [2.45, 2.75) is 52.2 Å². The topological polar surface area (TPSA) is 15.3 Å². The average Bonchev–Trinajstić information content (AvgIpc) is 3.11. The van der Waals surface area contributed by atoms with Crippen molar-refractivity contribution in [3.05, 3.63) is 35.4 Å². The Hall–Kier alpha value is -0.860. The maximum Gasteiger partial charge on any atom is 0.0230 e. The summed E-state index contributed by atoms with van der Waals surface area (Å²) in [6.07, 6.45) is 2.86. The lowest BCUT2D eigenvalue weighted by molar-refractivity contribution is 0.313. The molecule has 1 fully saturated rings. The van der Waals surface area contributed by atoms with Crippen molar-refractivity contribution in [3.8, 4) is 0 Å². The molecule has 2 nitrogen and oxygen atoms in total. The SMILES string of the molecule is CN(Cc1ccc(CNC(C)(C)C)cc1)CC1CC1. The Bertz CT molecular complexity index is 385. The standard InChI is InChI=1S/C17H28N2/c1-17(2,3)18-11-14-5-7-15(8-6-14)12-19(4)13-16-9-10-16/h5-8,16,18H,9-13H2,1-4H3. The lowest BCUT2D eigenvalue weighted by atomic mass is 10.1. The van der Waals surface area contributed by atoms with Crippen molar-refractivity contribution in [1.29, 1.82) is 0 Å². The normalized spacial score (nSPS) is 16.1. The minimum Gasteiger partial charge on any atom is -0.308 e. The van der Waals surface area contributed by atoms with Gasteiger partial charge in [0.05, 0.1) is 0 Å². The van der Waals surface area contributed by atoms with Crippen LogP contribution in [0.5, 0.6) is 0 Å². The highest BCUT2D eigenvalue weighted by Crippen LogP contribution is 2.29. The van der Waals surface area contributed by atoms with Crippen LogP contribution in [0, 0.1) is 5.92 Å². The highest BCUT2D eigenvalue weighted by molar-refractivity contribution is 5.22. The molecule has 19 heavy (non-hydrogen) atoms. The summed E-state index contributed by atoms with van der Waals surface area (Å²) in [6, 6.07) is 9.03. The van der Waals surface area contributed by atoms with Gasteiger partial charge in [0.2, 0.25) is 0 Å². The minimum absolute atomic E-state index is 0.184. The van der Waals surface area contributed by atoms with Crippen molar-refractivity contribution in [3.63, 3.8) is 0 Å². The van der Waals surface area contributed by atoms with Crippen molar-refractivity contribution < 1.29 is 0 Å². The number of nitrogens with zero attached hydrogens (tertiary/aromatic N) is 1. The summed E-state index contributed by atoms with van der Waals surface area (Å²) in [5, 5.41) is 3.52. The Labute approximate surface area is 118 Å². The Morgan fingerprint density at radius 3 is 2.21 bits per heavy atom. The number of benzene rings is 1. The highest BCUT2D eigenvalue weighted by Gasteiger charge is 2.22. The van der Waals surface area contributed by atoms with Crippen LogP contribution < -0.4 is 5.32 Å². The zero-order valence-electron chi connectivity index (χ0n) is 12.9. The first-order valence-electron chi connectivity index (χ1n) is 7.44. The van der Waals surface area contributed by atoms with Crippen LogP contribution in [0.2, 0.25) is 0 Å². The quantitative estimate of drug-likeness (QED) is 0.843. The Morgan fingerprint density at radius 1 is 1.11 bits per heavy atom. The van der Waals surface area contributed by atoms with Crippen molar-refractivity contribution in [1.82, 2.24) is 10.2 Å². The molecule has 106 valence electrons. The van der Waals surface area contributed by atoms with Gasteiger partial charge in [-0.15, -0.1) is 0 Å². The van der Waals surface area contributed by atoms with Crippen LogP contribution in [-0.4, -0.2) is 24.0 Å². The first kappa shape index (κ1) is 14.5.